The van der Waals surface area contributed by atoms with Crippen LogP contribution in [0.3, 0.4) is 0 Å². The Bertz CT molecular complexity index is 287. The summed E-state index contributed by atoms with van der Waals surface area (Å²) in [4.78, 5) is 5.55. The zero-order valence-electron chi connectivity index (χ0n) is 11.7. The molecule has 0 bridgehead atoms. The van der Waals surface area contributed by atoms with Crippen LogP contribution in [0.25, 0.3) is 0 Å². The molecular formula is C16H28N2. The third-order valence-electron chi connectivity index (χ3n) is 5.03. The first-order valence-electron chi connectivity index (χ1n) is 8.03. The Labute approximate surface area is 112 Å². The fourth-order valence-corrected chi connectivity index (χ4v) is 4.00. The van der Waals surface area contributed by atoms with Gasteiger partial charge < -0.3 is 4.90 Å². The van der Waals surface area contributed by atoms with Crippen LogP contribution in [0, 0.1) is 5.92 Å². The lowest BCUT2D eigenvalue weighted by Gasteiger charge is -2.36. The molecule has 0 aromatic heterocycles. The van der Waals surface area contributed by atoms with E-state index in [9.17, 15) is 0 Å². The first-order chi connectivity index (χ1) is 8.92. The average molecular weight is 248 g/mol. The van der Waals surface area contributed by atoms with E-state index in [2.05, 4.69) is 22.0 Å². The molecule has 0 N–H and O–H groups in total. The van der Waals surface area contributed by atoms with E-state index in [1.165, 1.54) is 77.7 Å². The minimum atomic E-state index is 0.875. The molecule has 2 aliphatic heterocycles. The fraction of sp³-hybridized carbons (Fsp3) is 0.875. The van der Waals surface area contributed by atoms with Gasteiger partial charge in [-0.2, -0.15) is 0 Å². The van der Waals surface area contributed by atoms with Gasteiger partial charge in [0.2, 0.25) is 0 Å². The molecule has 2 unspecified atom stereocenters. The first-order valence-corrected chi connectivity index (χ1v) is 8.03. The zero-order valence-corrected chi connectivity index (χ0v) is 11.7. The largest absolute Gasteiger partial charge is 0.301 e. The smallest absolute Gasteiger partial charge is 0.0223 e. The number of allylic oxidation sites excluding steroid dienone is 2. The molecule has 2 heteroatoms. The third kappa shape index (κ3) is 3.16. The van der Waals surface area contributed by atoms with Crippen LogP contribution in [-0.4, -0.2) is 48.6 Å². The second-order valence-corrected chi connectivity index (χ2v) is 6.45. The Hall–Kier alpha value is -0.340. The monoisotopic (exact) mass is 248 g/mol. The van der Waals surface area contributed by atoms with Crippen LogP contribution in [0.4, 0.5) is 0 Å². The minimum Gasteiger partial charge on any atom is -0.301 e. The molecule has 2 fully saturated rings. The van der Waals surface area contributed by atoms with Crippen molar-refractivity contribution in [3.63, 3.8) is 0 Å². The van der Waals surface area contributed by atoms with Crippen LogP contribution in [-0.2, 0) is 0 Å². The molecular weight excluding hydrogens is 220 g/mol. The number of fused-ring (bicyclic) bond motifs is 1. The molecule has 0 radical (unpaired) electrons. The summed E-state index contributed by atoms with van der Waals surface area (Å²) in [5.41, 5.74) is 0. The summed E-state index contributed by atoms with van der Waals surface area (Å²) >= 11 is 0. The van der Waals surface area contributed by atoms with Crippen molar-refractivity contribution in [3.8, 4) is 0 Å². The Balaban J connectivity index is 1.54. The van der Waals surface area contributed by atoms with Gasteiger partial charge >= 0.3 is 0 Å². The van der Waals surface area contributed by atoms with Gasteiger partial charge in [0.15, 0.2) is 0 Å². The van der Waals surface area contributed by atoms with E-state index < -0.39 is 0 Å². The zero-order chi connectivity index (χ0) is 12.2. The highest BCUT2D eigenvalue weighted by molar-refractivity contribution is 4.92. The average Bonchev–Trinajstić information content (AvgIpc) is 2.61. The van der Waals surface area contributed by atoms with Crippen LogP contribution in [0.5, 0.6) is 0 Å². The van der Waals surface area contributed by atoms with Crippen molar-refractivity contribution in [2.75, 3.05) is 32.7 Å². The predicted octanol–water partition coefficient (Wildman–Crippen LogP) is 2.90. The molecule has 2 nitrogen and oxygen atoms in total. The van der Waals surface area contributed by atoms with Gasteiger partial charge in [-0.3, -0.25) is 4.90 Å². The van der Waals surface area contributed by atoms with Gasteiger partial charge in [0.05, 0.1) is 0 Å². The summed E-state index contributed by atoms with van der Waals surface area (Å²) < 4.78 is 0. The summed E-state index contributed by atoms with van der Waals surface area (Å²) in [6, 6.07) is 0.875. The molecule has 1 aliphatic carbocycles. The molecule has 0 amide bonds. The lowest BCUT2D eigenvalue weighted by Crippen LogP contribution is -2.44. The van der Waals surface area contributed by atoms with E-state index in [1.54, 1.807) is 0 Å². The number of nitrogens with zero attached hydrogens (tertiary/aromatic N) is 2. The fourth-order valence-electron chi connectivity index (χ4n) is 4.00. The maximum atomic E-state index is 2.78. The topological polar surface area (TPSA) is 6.48 Å². The Morgan fingerprint density at radius 3 is 2.78 bits per heavy atom. The van der Waals surface area contributed by atoms with Gasteiger partial charge in [0, 0.05) is 19.1 Å². The van der Waals surface area contributed by atoms with Crippen molar-refractivity contribution < 1.29 is 0 Å². The van der Waals surface area contributed by atoms with Crippen LogP contribution in [0.2, 0.25) is 0 Å². The van der Waals surface area contributed by atoms with Crippen LogP contribution >= 0.6 is 0 Å². The van der Waals surface area contributed by atoms with Crippen molar-refractivity contribution in [2.45, 2.75) is 51.0 Å². The SMILES string of the molecule is C1=CCC(CN2CCCN3CCCCC3C2)CC1. The minimum absolute atomic E-state index is 0.875. The molecule has 2 saturated heterocycles. The van der Waals surface area contributed by atoms with E-state index in [-0.39, 0.29) is 0 Å². The van der Waals surface area contributed by atoms with Crippen LogP contribution in [0.15, 0.2) is 12.2 Å². The molecule has 0 spiro atoms. The van der Waals surface area contributed by atoms with E-state index in [0.29, 0.717) is 0 Å². The molecule has 0 saturated carbocycles. The van der Waals surface area contributed by atoms with Gasteiger partial charge in [-0.1, -0.05) is 18.6 Å². The van der Waals surface area contributed by atoms with Gasteiger partial charge in [-0.05, 0) is 64.1 Å². The molecule has 3 aliphatic rings. The number of hydrogen-bond acceptors (Lipinski definition) is 2. The Kier molecular flexibility index (Phi) is 4.37. The van der Waals surface area contributed by atoms with E-state index in [4.69, 9.17) is 0 Å². The van der Waals surface area contributed by atoms with Crippen LogP contribution in [0.1, 0.15) is 44.9 Å². The lowest BCUT2D eigenvalue weighted by molar-refractivity contribution is 0.129. The second kappa shape index (κ2) is 6.21. The molecule has 0 aromatic carbocycles. The van der Waals surface area contributed by atoms with Gasteiger partial charge in [0.25, 0.3) is 0 Å². The number of piperidine rings is 1. The molecule has 18 heavy (non-hydrogen) atoms. The lowest BCUT2D eigenvalue weighted by atomic mass is 9.93. The maximum Gasteiger partial charge on any atom is 0.0223 e. The summed E-state index contributed by atoms with van der Waals surface area (Å²) in [6.07, 6.45) is 14.5. The number of hydrogen-bond donors (Lipinski definition) is 0. The highest BCUT2D eigenvalue weighted by atomic mass is 15.2. The van der Waals surface area contributed by atoms with E-state index in [0.717, 1.165) is 12.0 Å². The molecule has 102 valence electrons. The van der Waals surface area contributed by atoms with Crippen molar-refractivity contribution in [2.24, 2.45) is 5.92 Å². The highest BCUT2D eigenvalue weighted by Gasteiger charge is 2.27. The summed E-state index contributed by atoms with van der Waals surface area (Å²) in [7, 11) is 0. The molecule has 2 heterocycles. The van der Waals surface area contributed by atoms with Crippen molar-refractivity contribution in [3.05, 3.63) is 12.2 Å². The highest BCUT2D eigenvalue weighted by Crippen LogP contribution is 2.24. The van der Waals surface area contributed by atoms with Crippen molar-refractivity contribution in [1.82, 2.24) is 9.80 Å². The maximum absolute atomic E-state index is 2.78. The second-order valence-electron chi connectivity index (χ2n) is 6.45. The van der Waals surface area contributed by atoms with Crippen molar-refractivity contribution >= 4 is 0 Å². The molecule has 2 atom stereocenters. The molecule has 0 aromatic rings. The Morgan fingerprint density at radius 2 is 1.89 bits per heavy atom. The Morgan fingerprint density at radius 1 is 0.944 bits per heavy atom. The van der Waals surface area contributed by atoms with Gasteiger partial charge in [-0.15, -0.1) is 0 Å². The first kappa shape index (κ1) is 12.7. The third-order valence-corrected chi connectivity index (χ3v) is 5.03. The standard InChI is InChI=1S/C16H28N2/c1-2-7-15(8-3-1)13-17-10-6-12-18-11-5-4-9-16(18)14-17/h1-2,15-16H,3-14H2. The molecule has 3 rings (SSSR count). The number of rotatable bonds is 2. The summed E-state index contributed by atoms with van der Waals surface area (Å²) in [5.74, 6) is 0.935. The summed E-state index contributed by atoms with van der Waals surface area (Å²) in [5, 5.41) is 0. The van der Waals surface area contributed by atoms with E-state index >= 15 is 0 Å². The van der Waals surface area contributed by atoms with Gasteiger partial charge in [0.1, 0.15) is 0 Å². The van der Waals surface area contributed by atoms with Gasteiger partial charge in [-0.25, -0.2) is 0 Å². The van der Waals surface area contributed by atoms with Crippen LogP contribution < -0.4 is 0 Å². The summed E-state index contributed by atoms with van der Waals surface area (Å²) in [6.45, 7) is 6.76. The van der Waals surface area contributed by atoms with Crippen molar-refractivity contribution in [1.29, 1.82) is 0 Å². The van der Waals surface area contributed by atoms with E-state index in [1.807, 2.05) is 0 Å². The predicted molar refractivity (Wildman–Crippen MR) is 76.8 cm³/mol. The normalized spacial score (nSPS) is 35.1. The quantitative estimate of drug-likeness (QED) is 0.693.